The van der Waals surface area contributed by atoms with Gasteiger partial charge in [-0.2, -0.15) is 0 Å². The lowest BCUT2D eigenvalue weighted by Gasteiger charge is -2.37. The molecule has 0 fully saturated rings. The van der Waals surface area contributed by atoms with Crippen molar-refractivity contribution in [2.24, 2.45) is 0 Å². The molecule has 0 radical (unpaired) electrons. The maximum atomic E-state index is 12.5. The van der Waals surface area contributed by atoms with Gasteiger partial charge < -0.3 is 14.7 Å². The lowest BCUT2D eigenvalue weighted by molar-refractivity contribution is -0.920. The van der Waals surface area contributed by atoms with E-state index in [-0.39, 0.29) is 17.3 Å². The average Bonchev–Trinajstić information content (AvgIpc) is 2.52. The standard InChI is InChI=1S/C17H27NO3.C2H6/c1-4-9-18(10-5-2,11-6-3)13-17(21)14-7-8-15(19)16(20)12-14;1-2/h7-8,12H,4-6,9-11,13H2,1-3H3,(H-,19,20,21);1-2H3/p+1. The SMILES string of the molecule is CC.CCC[N+](CCC)(CCC)CC(=O)c1ccc(O)c(O)c1. The third-order valence-corrected chi connectivity index (χ3v) is 3.87. The minimum absolute atomic E-state index is 0.0284. The van der Waals surface area contributed by atoms with Crippen LogP contribution in [0.2, 0.25) is 0 Å². The van der Waals surface area contributed by atoms with E-state index in [9.17, 15) is 15.0 Å². The molecule has 1 aromatic rings. The largest absolute Gasteiger partial charge is 0.504 e. The highest BCUT2D eigenvalue weighted by Crippen LogP contribution is 2.25. The van der Waals surface area contributed by atoms with Gasteiger partial charge in [0, 0.05) is 5.56 Å². The average molecular weight is 324 g/mol. The lowest BCUT2D eigenvalue weighted by Crippen LogP contribution is -2.52. The van der Waals surface area contributed by atoms with Gasteiger partial charge in [-0.15, -0.1) is 0 Å². The van der Waals surface area contributed by atoms with Crippen LogP contribution in [0, 0.1) is 0 Å². The number of rotatable bonds is 9. The first-order valence-corrected chi connectivity index (χ1v) is 8.88. The fourth-order valence-electron chi connectivity index (χ4n) is 3.09. The number of hydrogen-bond donors (Lipinski definition) is 2. The first-order chi connectivity index (χ1) is 11.0. The third kappa shape index (κ3) is 6.61. The summed E-state index contributed by atoms with van der Waals surface area (Å²) in [6, 6.07) is 4.31. The summed E-state index contributed by atoms with van der Waals surface area (Å²) in [5.41, 5.74) is 0.469. The number of hydrogen-bond acceptors (Lipinski definition) is 3. The fourth-order valence-corrected chi connectivity index (χ4v) is 3.09. The van der Waals surface area contributed by atoms with Crippen LogP contribution < -0.4 is 0 Å². The molecule has 132 valence electrons. The van der Waals surface area contributed by atoms with Gasteiger partial charge in [0.05, 0.1) is 19.6 Å². The summed E-state index contributed by atoms with van der Waals surface area (Å²) in [6.45, 7) is 13.9. The number of benzene rings is 1. The zero-order valence-corrected chi connectivity index (χ0v) is 15.4. The quantitative estimate of drug-likeness (QED) is 0.403. The molecule has 1 rings (SSSR count). The highest BCUT2D eigenvalue weighted by Gasteiger charge is 2.28. The molecular weight excluding hydrogens is 290 g/mol. The summed E-state index contributed by atoms with van der Waals surface area (Å²) in [4.78, 5) is 12.5. The summed E-state index contributed by atoms with van der Waals surface area (Å²) in [7, 11) is 0. The van der Waals surface area contributed by atoms with Crippen LogP contribution in [-0.2, 0) is 0 Å². The highest BCUT2D eigenvalue weighted by molar-refractivity contribution is 5.97. The van der Waals surface area contributed by atoms with E-state index in [1.54, 1.807) is 6.07 Å². The molecule has 0 bridgehead atoms. The molecule has 0 aliphatic heterocycles. The predicted molar refractivity (Wildman–Crippen MR) is 96.1 cm³/mol. The topological polar surface area (TPSA) is 57.5 Å². The number of carbonyl (C=O) groups excluding carboxylic acids is 1. The van der Waals surface area contributed by atoms with Crippen molar-refractivity contribution in [3.8, 4) is 11.5 Å². The molecule has 4 nitrogen and oxygen atoms in total. The normalized spacial score (nSPS) is 10.8. The first kappa shape index (κ1) is 21.4. The van der Waals surface area contributed by atoms with Crippen molar-refractivity contribution in [2.45, 2.75) is 53.9 Å². The third-order valence-electron chi connectivity index (χ3n) is 3.87. The molecule has 1 aromatic carbocycles. The van der Waals surface area contributed by atoms with Gasteiger partial charge in [0.2, 0.25) is 5.78 Å². The molecule has 0 spiro atoms. The Labute approximate surface area is 141 Å². The van der Waals surface area contributed by atoms with Gasteiger partial charge in [-0.1, -0.05) is 34.6 Å². The molecule has 23 heavy (non-hydrogen) atoms. The van der Waals surface area contributed by atoms with E-state index in [0.29, 0.717) is 12.1 Å². The lowest BCUT2D eigenvalue weighted by atomic mass is 10.1. The van der Waals surface area contributed by atoms with E-state index in [4.69, 9.17) is 0 Å². The van der Waals surface area contributed by atoms with E-state index in [0.717, 1.165) is 43.4 Å². The summed E-state index contributed by atoms with van der Waals surface area (Å²) in [5, 5.41) is 18.9. The highest BCUT2D eigenvalue weighted by atomic mass is 16.3. The van der Waals surface area contributed by atoms with Crippen molar-refractivity contribution < 1.29 is 19.5 Å². The zero-order valence-electron chi connectivity index (χ0n) is 15.4. The van der Waals surface area contributed by atoms with Crippen LogP contribution in [0.1, 0.15) is 64.2 Å². The second-order valence-corrected chi connectivity index (χ2v) is 5.80. The number of Topliss-reactive ketones (excluding diaryl/α,β-unsaturated/α-hetero) is 1. The van der Waals surface area contributed by atoms with Crippen LogP contribution in [0.25, 0.3) is 0 Å². The number of aromatic hydroxyl groups is 2. The Morgan fingerprint density at radius 3 is 1.78 bits per heavy atom. The fraction of sp³-hybridized carbons (Fsp3) is 0.632. The van der Waals surface area contributed by atoms with Gasteiger partial charge in [-0.25, -0.2) is 0 Å². The summed E-state index contributed by atoms with van der Waals surface area (Å²) >= 11 is 0. The molecule has 0 unspecified atom stereocenters. The van der Waals surface area contributed by atoms with Gasteiger partial charge in [-0.05, 0) is 37.5 Å². The van der Waals surface area contributed by atoms with Crippen LogP contribution in [-0.4, -0.2) is 46.7 Å². The molecule has 2 N–H and O–H groups in total. The summed E-state index contributed by atoms with van der Waals surface area (Å²) in [6.07, 6.45) is 3.15. The minimum Gasteiger partial charge on any atom is -0.504 e. The Hall–Kier alpha value is -1.55. The Balaban J connectivity index is 0.00000232. The van der Waals surface area contributed by atoms with Crippen molar-refractivity contribution in [2.75, 3.05) is 26.2 Å². The molecule has 0 saturated heterocycles. The van der Waals surface area contributed by atoms with Crippen molar-refractivity contribution in [1.29, 1.82) is 0 Å². The monoisotopic (exact) mass is 324 g/mol. The summed E-state index contributed by atoms with van der Waals surface area (Å²) < 4.78 is 0.809. The van der Waals surface area contributed by atoms with Gasteiger partial charge in [0.15, 0.2) is 11.5 Å². The van der Waals surface area contributed by atoms with Crippen molar-refractivity contribution in [3.63, 3.8) is 0 Å². The van der Waals surface area contributed by atoms with Crippen LogP contribution in [0.3, 0.4) is 0 Å². The molecular formula is C19H34NO3+. The number of phenolic OH excluding ortho intramolecular Hbond substituents is 2. The Bertz CT molecular complexity index is 455. The van der Waals surface area contributed by atoms with Gasteiger partial charge in [0.1, 0.15) is 6.54 Å². The molecule has 0 saturated carbocycles. The first-order valence-electron chi connectivity index (χ1n) is 8.88. The Morgan fingerprint density at radius 1 is 0.913 bits per heavy atom. The second kappa shape index (κ2) is 11.1. The zero-order chi connectivity index (χ0) is 17.9. The van der Waals surface area contributed by atoms with Gasteiger partial charge >= 0.3 is 0 Å². The second-order valence-electron chi connectivity index (χ2n) is 5.80. The van der Waals surface area contributed by atoms with Crippen LogP contribution in [0.4, 0.5) is 0 Å². The predicted octanol–water partition coefficient (Wildman–Crippen LogP) is 4.35. The Morgan fingerprint density at radius 2 is 1.39 bits per heavy atom. The molecule has 0 aliphatic carbocycles. The molecule has 0 heterocycles. The summed E-state index contributed by atoms with van der Waals surface area (Å²) in [5.74, 6) is -0.399. The van der Waals surface area contributed by atoms with Crippen LogP contribution >= 0.6 is 0 Å². The minimum atomic E-state index is -0.236. The molecule has 0 aromatic heterocycles. The number of carbonyl (C=O) groups is 1. The van der Waals surface area contributed by atoms with Gasteiger partial charge in [0.25, 0.3) is 0 Å². The van der Waals surface area contributed by atoms with E-state index in [1.807, 2.05) is 13.8 Å². The van der Waals surface area contributed by atoms with E-state index in [2.05, 4.69) is 20.8 Å². The molecule has 0 amide bonds. The Kier molecular flexibility index (Phi) is 10.3. The number of nitrogens with zero attached hydrogens (tertiary/aromatic N) is 1. The maximum absolute atomic E-state index is 12.5. The number of ketones is 1. The van der Waals surface area contributed by atoms with Crippen molar-refractivity contribution in [1.82, 2.24) is 0 Å². The molecule has 0 aliphatic rings. The van der Waals surface area contributed by atoms with E-state index in [1.165, 1.54) is 12.1 Å². The van der Waals surface area contributed by atoms with E-state index < -0.39 is 0 Å². The van der Waals surface area contributed by atoms with E-state index >= 15 is 0 Å². The van der Waals surface area contributed by atoms with Crippen molar-refractivity contribution in [3.05, 3.63) is 23.8 Å². The van der Waals surface area contributed by atoms with Crippen LogP contribution in [0.5, 0.6) is 11.5 Å². The number of quaternary nitrogens is 1. The number of phenols is 2. The van der Waals surface area contributed by atoms with Gasteiger partial charge in [-0.3, -0.25) is 4.79 Å². The molecule has 0 atom stereocenters. The maximum Gasteiger partial charge on any atom is 0.217 e. The molecule has 4 heteroatoms. The van der Waals surface area contributed by atoms with Crippen molar-refractivity contribution >= 4 is 5.78 Å². The van der Waals surface area contributed by atoms with Crippen LogP contribution in [0.15, 0.2) is 18.2 Å². The smallest absolute Gasteiger partial charge is 0.217 e.